The number of anilines is 1. The average Bonchev–Trinajstić information content (AvgIpc) is 2.39. The van der Waals surface area contributed by atoms with Crippen molar-refractivity contribution in [2.45, 2.75) is 31.7 Å². The Morgan fingerprint density at radius 1 is 1.35 bits per heavy atom. The summed E-state index contributed by atoms with van der Waals surface area (Å²) in [6, 6.07) is 7.09. The molecular formula is C14H20ClNO. The van der Waals surface area contributed by atoms with Gasteiger partial charge < -0.3 is 9.64 Å². The van der Waals surface area contributed by atoms with E-state index in [4.69, 9.17) is 16.3 Å². The van der Waals surface area contributed by atoms with Crippen molar-refractivity contribution in [2.75, 3.05) is 25.2 Å². The van der Waals surface area contributed by atoms with Gasteiger partial charge in [-0.3, -0.25) is 0 Å². The number of hydrogen-bond acceptors (Lipinski definition) is 2. The predicted molar refractivity (Wildman–Crippen MR) is 73.0 cm³/mol. The van der Waals surface area contributed by atoms with Crippen LogP contribution in [0.3, 0.4) is 0 Å². The van der Waals surface area contributed by atoms with E-state index in [1.165, 1.54) is 16.8 Å². The lowest BCUT2D eigenvalue weighted by molar-refractivity contribution is 0.0854. The maximum absolute atomic E-state index is 6.04. The molecule has 0 spiro atoms. The van der Waals surface area contributed by atoms with Gasteiger partial charge in [-0.2, -0.15) is 0 Å². The van der Waals surface area contributed by atoms with Crippen LogP contribution in [0.4, 0.5) is 5.69 Å². The molecule has 0 aliphatic carbocycles. The standard InChI is InChI=1S/C14H20ClNO/c1-11-3-4-14(12(9-11)10-15)16(2)13-5-7-17-8-6-13/h3-4,9,13H,5-8,10H2,1-2H3. The Bertz CT molecular complexity index is 374. The lowest BCUT2D eigenvalue weighted by Crippen LogP contribution is -2.37. The number of ether oxygens (including phenoxy) is 1. The second kappa shape index (κ2) is 5.74. The Hall–Kier alpha value is -0.730. The van der Waals surface area contributed by atoms with E-state index in [9.17, 15) is 0 Å². The summed E-state index contributed by atoms with van der Waals surface area (Å²) in [4.78, 5) is 2.36. The molecular weight excluding hydrogens is 234 g/mol. The molecule has 0 radical (unpaired) electrons. The summed E-state index contributed by atoms with van der Waals surface area (Å²) in [5.74, 6) is 0.574. The first-order valence-corrected chi connectivity index (χ1v) is 6.72. The Kier molecular flexibility index (Phi) is 4.30. The Labute approximate surface area is 109 Å². The summed E-state index contributed by atoms with van der Waals surface area (Å²) in [6.07, 6.45) is 2.21. The molecule has 1 aliphatic rings. The number of nitrogens with zero attached hydrogens (tertiary/aromatic N) is 1. The highest BCUT2D eigenvalue weighted by Crippen LogP contribution is 2.27. The van der Waals surface area contributed by atoms with Gasteiger partial charge in [-0.15, -0.1) is 11.6 Å². The molecule has 0 unspecified atom stereocenters. The molecule has 1 aromatic carbocycles. The summed E-state index contributed by atoms with van der Waals surface area (Å²) in [7, 11) is 2.16. The Morgan fingerprint density at radius 3 is 2.71 bits per heavy atom. The first-order valence-electron chi connectivity index (χ1n) is 6.18. The smallest absolute Gasteiger partial charge is 0.0494 e. The van der Waals surface area contributed by atoms with E-state index in [-0.39, 0.29) is 0 Å². The van der Waals surface area contributed by atoms with Gasteiger partial charge in [0.25, 0.3) is 0 Å². The van der Waals surface area contributed by atoms with E-state index in [0.717, 1.165) is 26.1 Å². The lowest BCUT2D eigenvalue weighted by Gasteiger charge is -2.34. The van der Waals surface area contributed by atoms with Crippen LogP contribution in [0.5, 0.6) is 0 Å². The van der Waals surface area contributed by atoms with Crippen LogP contribution in [0, 0.1) is 6.92 Å². The van der Waals surface area contributed by atoms with Crippen LogP contribution in [0.15, 0.2) is 18.2 Å². The van der Waals surface area contributed by atoms with Gasteiger partial charge in [0, 0.05) is 37.9 Å². The molecule has 1 fully saturated rings. The molecule has 2 rings (SSSR count). The van der Waals surface area contributed by atoms with Gasteiger partial charge in [-0.05, 0) is 31.4 Å². The van der Waals surface area contributed by atoms with Crippen molar-refractivity contribution in [1.29, 1.82) is 0 Å². The Balaban J connectivity index is 2.19. The van der Waals surface area contributed by atoms with Crippen LogP contribution in [0.2, 0.25) is 0 Å². The molecule has 1 heterocycles. The maximum Gasteiger partial charge on any atom is 0.0494 e. The van der Waals surface area contributed by atoms with Crippen molar-refractivity contribution in [3.8, 4) is 0 Å². The summed E-state index contributed by atoms with van der Waals surface area (Å²) in [5.41, 5.74) is 3.75. The quantitative estimate of drug-likeness (QED) is 0.766. The van der Waals surface area contributed by atoms with Crippen LogP contribution >= 0.6 is 11.6 Å². The van der Waals surface area contributed by atoms with Gasteiger partial charge in [-0.25, -0.2) is 0 Å². The molecule has 17 heavy (non-hydrogen) atoms. The van der Waals surface area contributed by atoms with Crippen molar-refractivity contribution < 1.29 is 4.74 Å². The number of rotatable bonds is 3. The minimum atomic E-state index is 0.574. The van der Waals surface area contributed by atoms with E-state index < -0.39 is 0 Å². The van der Waals surface area contributed by atoms with Gasteiger partial charge in [0.05, 0.1) is 0 Å². The fraction of sp³-hybridized carbons (Fsp3) is 0.571. The molecule has 0 bridgehead atoms. The zero-order valence-corrected chi connectivity index (χ0v) is 11.3. The SMILES string of the molecule is Cc1ccc(N(C)C2CCOCC2)c(CCl)c1. The zero-order chi connectivity index (χ0) is 12.3. The topological polar surface area (TPSA) is 12.5 Å². The second-order valence-corrected chi connectivity index (χ2v) is 4.99. The van der Waals surface area contributed by atoms with Crippen molar-refractivity contribution in [2.24, 2.45) is 0 Å². The fourth-order valence-electron chi connectivity index (χ4n) is 2.43. The third-order valence-electron chi connectivity index (χ3n) is 3.50. The number of halogens is 1. The van der Waals surface area contributed by atoms with Crippen molar-refractivity contribution in [1.82, 2.24) is 0 Å². The minimum Gasteiger partial charge on any atom is -0.381 e. The molecule has 1 aliphatic heterocycles. The van der Waals surface area contributed by atoms with Crippen molar-refractivity contribution in [3.63, 3.8) is 0 Å². The van der Waals surface area contributed by atoms with Gasteiger partial charge >= 0.3 is 0 Å². The summed E-state index contributed by atoms with van der Waals surface area (Å²) >= 11 is 6.04. The van der Waals surface area contributed by atoms with Gasteiger partial charge in [0.1, 0.15) is 0 Å². The molecule has 94 valence electrons. The molecule has 3 heteroatoms. The van der Waals surface area contributed by atoms with E-state index in [1.807, 2.05) is 0 Å². The third-order valence-corrected chi connectivity index (χ3v) is 3.79. The van der Waals surface area contributed by atoms with Crippen molar-refractivity contribution in [3.05, 3.63) is 29.3 Å². The summed E-state index contributed by atoms with van der Waals surface area (Å²) < 4.78 is 5.41. The molecule has 0 atom stereocenters. The van der Waals surface area contributed by atoms with Crippen LogP contribution in [-0.4, -0.2) is 26.3 Å². The van der Waals surface area contributed by atoms with Gasteiger partial charge in [-0.1, -0.05) is 17.7 Å². The third kappa shape index (κ3) is 2.93. The Morgan fingerprint density at radius 2 is 2.06 bits per heavy atom. The van der Waals surface area contributed by atoms with Crippen LogP contribution in [0.25, 0.3) is 0 Å². The lowest BCUT2D eigenvalue weighted by atomic mass is 10.0. The monoisotopic (exact) mass is 253 g/mol. The predicted octanol–water partition coefficient (Wildman–Crippen LogP) is 3.35. The van der Waals surface area contributed by atoms with E-state index in [1.54, 1.807) is 0 Å². The largest absolute Gasteiger partial charge is 0.381 e. The van der Waals surface area contributed by atoms with Gasteiger partial charge in [0.2, 0.25) is 0 Å². The van der Waals surface area contributed by atoms with Gasteiger partial charge in [0.15, 0.2) is 0 Å². The number of hydrogen-bond donors (Lipinski definition) is 0. The minimum absolute atomic E-state index is 0.574. The molecule has 1 saturated heterocycles. The van der Waals surface area contributed by atoms with Crippen LogP contribution < -0.4 is 4.90 Å². The zero-order valence-electron chi connectivity index (χ0n) is 10.6. The first-order chi connectivity index (χ1) is 8.22. The normalized spacial score (nSPS) is 17.1. The van der Waals surface area contributed by atoms with E-state index in [2.05, 4.69) is 37.1 Å². The molecule has 1 aromatic rings. The average molecular weight is 254 g/mol. The number of aryl methyl sites for hydroxylation is 1. The van der Waals surface area contributed by atoms with E-state index in [0.29, 0.717) is 11.9 Å². The number of benzene rings is 1. The highest BCUT2D eigenvalue weighted by atomic mass is 35.5. The summed E-state index contributed by atoms with van der Waals surface area (Å²) in [5, 5.41) is 0. The first kappa shape index (κ1) is 12.7. The second-order valence-electron chi connectivity index (χ2n) is 4.72. The number of alkyl halides is 1. The molecule has 2 nitrogen and oxygen atoms in total. The molecule has 0 N–H and O–H groups in total. The highest BCUT2D eigenvalue weighted by Gasteiger charge is 2.20. The summed E-state index contributed by atoms with van der Waals surface area (Å²) in [6.45, 7) is 3.85. The van der Waals surface area contributed by atoms with Crippen molar-refractivity contribution >= 4 is 17.3 Å². The molecule has 0 saturated carbocycles. The van der Waals surface area contributed by atoms with E-state index >= 15 is 0 Å². The highest BCUT2D eigenvalue weighted by molar-refractivity contribution is 6.17. The fourth-order valence-corrected chi connectivity index (χ4v) is 2.65. The molecule has 0 amide bonds. The molecule has 0 aromatic heterocycles. The van der Waals surface area contributed by atoms with Crippen LogP contribution in [-0.2, 0) is 10.6 Å². The maximum atomic E-state index is 6.04. The van der Waals surface area contributed by atoms with Crippen LogP contribution in [0.1, 0.15) is 24.0 Å².